The van der Waals surface area contributed by atoms with Crippen LogP contribution in [0, 0.1) is 0 Å². The molecule has 0 spiro atoms. The third kappa shape index (κ3) is 13.9. The number of nitrogens with zero attached hydrogens (tertiary/aromatic N) is 13. The summed E-state index contributed by atoms with van der Waals surface area (Å²) in [5.41, 5.74) is 9.13. The van der Waals surface area contributed by atoms with Crippen molar-refractivity contribution in [3.8, 4) is 22.5 Å². The summed E-state index contributed by atoms with van der Waals surface area (Å²) < 4.78 is 15.2. The van der Waals surface area contributed by atoms with E-state index in [9.17, 15) is 14.7 Å². The molecule has 0 fully saturated rings. The van der Waals surface area contributed by atoms with Crippen LogP contribution in [0.15, 0.2) is 94.5 Å². The van der Waals surface area contributed by atoms with Gasteiger partial charge in [0.2, 0.25) is 35.2 Å². The molecule has 0 saturated carbocycles. The summed E-state index contributed by atoms with van der Waals surface area (Å²) in [5, 5.41) is 44.6. The summed E-state index contributed by atoms with van der Waals surface area (Å²) in [6, 6.07) is 16.9. The van der Waals surface area contributed by atoms with Gasteiger partial charge in [-0.3, -0.25) is 23.9 Å². The van der Waals surface area contributed by atoms with Crippen molar-refractivity contribution in [3.05, 3.63) is 132 Å². The molecule has 4 N–H and O–H groups in total. The van der Waals surface area contributed by atoms with Crippen LogP contribution in [-0.4, -0.2) is 108 Å². The summed E-state index contributed by atoms with van der Waals surface area (Å²) >= 11 is 0. The molecule has 0 amide bonds. The molecule has 0 radical (unpaired) electrons. The Bertz CT molecular complexity index is 3380. The summed E-state index contributed by atoms with van der Waals surface area (Å²) in [5.74, 6) is 1.84. The third-order valence-corrected chi connectivity index (χ3v) is 13.9. The molecular weight excluding hydrogens is 1000 g/mol. The number of aliphatic hydroxyl groups is 1. The second kappa shape index (κ2) is 24.0. The van der Waals surface area contributed by atoms with Gasteiger partial charge in [-0.25, -0.2) is 19.9 Å². The Kier molecular flexibility index (Phi) is 17.0. The van der Waals surface area contributed by atoms with Crippen LogP contribution < -0.4 is 16.0 Å². The Labute approximate surface area is 460 Å². The van der Waals surface area contributed by atoms with Crippen LogP contribution in [0.1, 0.15) is 174 Å². The molecule has 8 aromatic rings. The van der Waals surface area contributed by atoms with E-state index >= 15 is 0 Å². The van der Waals surface area contributed by atoms with Crippen molar-refractivity contribution < 1.29 is 23.5 Å². The topological polar surface area (TPSA) is 259 Å². The Morgan fingerprint density at radius 1 is 0.684 bits per heavy atom. The Balaban J connectivity index is 0.000000192. The fraction of sp³-hybridized carbons (Fsp3) is 0.448. The lowest BCUT2D eigenvalue weighted by Gasteiger charge is -2.19. The number of benzene rings is 2. The van der Waals surface area contributed by atoms with Crippen LogP contribution in [-0.2, 0) is 23.9 Å². The standard InChI is InChI=1S/C30H38N8O3.C28H34N8O2/c1-19(2)38-18-23(16-32-38)33-29-31-10-8-25(34-29)21-6-7-24-20(9-11-37(12-13-39)17-22(24)14-21)15-26(40)27-35-36-28(41-27)30(3,4)5;1-17(2)36-16-21(15-31-36)32-27-30-11-9-23(33-27)19-6-7-22-18(8-10-29-14-20(22)12-19)13-24(37)25-34-35-26(38-25)28(3,4)5/h6-8,10,14,16,18-20,39H,9,11-13,15,17H2,1-5H3,(H,31,33,34);6-7,9,11-12,15-18,29H,8,10,13-14H2,1-5H3,(H,30,32,33)/t20-;18-/m00/s1. The number of rotatable bonds is 16. The van der Waals surface area contributed by atoms with Crippen LogP contribution in [0.25, 0.3) is 22.5 Å². The number of ketones is 2. The fourth-order valence-electron chi connectivity index (χ4n) is 9.53. The molecule has 0 aliphatic carbocycles. The number of carbonyl (C=O) groups is 2. The molecule has 2 atom stereocenters. The van der Waals surface area contributed by atoms with Gasteiger partial charge in [0.25, 0.3) is 11.8 Å². The van der Waals surface area contributed by atoms with E-state index in [-0.39, 0.29) is 71.1 Å². The van der Waals surface area contributed by atoms with Crippen molar-refractivity contribution in [1.82, 2.24) is 70.1 Å². The highest BCUT2D eigenvalue weighted by Gasteiger charge is 2.31. The summed E-state index contributed by atoms with van der Waals surface area (Å²) in [4.78, 5) is 46.7. The number of aromatic nitrogens is 12. The average Bonchev–Trinajstić information content (AvgIpc) is 4.26. The van der Waals surface area contributed by atoms with Crippen LogP contribution in [0.2, 0.25) is 0 Å². The molecule has 0 bridgehead atoms. The lowest BCUT2D eigenvalue weighted by molar-refractivity contribution is 0.0927. The number of Topliss-reactive ketones (excluding diaryl/α,β-unsaturated/α-hetero) is 2. The van der Waals surface area contributed by atoms with Crippen LogP contribution in [0.5, 0.6) is 0 Å². The van der Waals surface area contributed by atoms with Gasteiger partial charge in [-0.2, -0.15) is 10.2 Å². The number of hydrogen-bond donors (Lipinski definition) is 4. The van der Waals surface area contributed by atoms with E-state index in [1.807, 2.05) is 81.5 Å². The molecular formula is C58H72N16O5. The van der Waals surface area contributed by atoms with E-state index in [1.165, 1.54) is 0 Å². The highest BCUT2D eigenvalue weighted by Crippen LogP contribution is 2.36. The largest absolute Gasteiger partial charge is 0.418 e. The molecule has 79 heavy (non-hydrogen) atoms. The van der Waals surface area contributed by atoms with Gasteiger partial charge < -0.3 is 29.9 Å². The predicted molar refractivity (Wildman–Crippen MR) is 299 cm³/mol. The maximum atomic E-state index is 13.2. The summed E-state index contributed by atoms with van der Waals surface area (Å²) in [6.45, 7) is 23.8. The monoisotopic (exact) mass is 1070 g/mol. The number of nitrogens with one attached hydrogen (secondary N) is 3. The number of fused-ring (bicyclic) bond motifs is 2. The van der Waals surface area contributed by atoms with Crippen molar-refractivity contribution in [2.75, 3.05) is 36.9 Å². The van der Waals surface area contributed by atoms with Gasteiger partial charge in [0.1, 0.15) is 0 Å². The zero-order chi connectivity index (χ0) is 56.0. The molecule has 8 heterocycles. The van der Waals surface area contributed by atoms with E-state index in [4.69, 9.17) is 18.8 Å². The first-order valence-corrected chi connectivity index (χ1v) is 27.1. The van der Waals surface area contributed by atoms with Gasteiger partial charge in [-0.05, 0) is 112 Å². The van der Waals surface area contributed by atoms with Crippen LogP contribution >= 0.6 is 0 Å². The molecule has 10 rings (SSSR count). The van der Waals surface area contributed by atoms with Crippen molar-refractivity contribution in [2.24, 2.45) is 0 Å². The van der Waals surface area contributed by atoms with Crippen molar-refractivity contribution in [3.63, 3.8) is 0 Å². The predicted octanol–water partition coefficient (Wildman–Crippen LogP) is 10.1. The highest BCUT2D eigenvalue weighted by molar-refractivity contribution is 5.92. The maximum Gasteiger partial charge on any atom is 0.284 e. The maximum absolute atomic E-state index is 13.2. The van der Waals surface area contributed by atoms with Gasteiger partial charge in [0.05, 0.1) is 41.8 Å². The molecule has 6 aromatic heterocycles. The van der Waals surface area contributed by atoms with Crippen molar-refractivity contribution in [1.29, 1.82) is 0 Å². The number of anilines is 4. The van der Waals surface area contributed by atoms with Crippen molar-refractivity contribution in [2.45, 2.75) is 143 Å². The van der Waals surface area contributed by atoms with Crippen LogP contribution in [0.3, 0.4) is 0 Å². The van der Waals surface area contributed by atoms with Gasteiger partial charge >= 0.3 is 0 Å². The van der Waals surface area contributed by atoms with Crippen molar-refractivity contribution >= 4 is 34.8 Å². The molecule has 21 nitrogen and oxygen atoms in total. The minimum atomic E-state index is -0.325. The minimum absolute atomic E-state index is 0.0136. The van der Waals surface area contributed by atoms with E-state index < -0.39 is 0 Å². The smallest absolute Gasteiger partial charge is 0.284 e. The van der Waals surface area contributed by atoms with E-state index in [0.29, 0.717) is 43.2 Å². The molecule has 2 aromatic carbocycles. The highest BCUT2D eigenvalue weighted by atomic mass is 16.4. The lowest BCUT2D eigenvalue weighted by Crippen LogP contribution is -2.26. The third-order valence-electron chi connectivity index (χ3n) is 13.9. The molecule has 21 heteroatoms. The summed E-state index contributed by atoms with van der Waals surface area (Å²) in [7, 11) is 0. The minimum Gasteiger partial charge on any atom is -0.418 e. The first-order chi connectivity index (χ1) is 37.8. The Hall–Kier alpha value is -7.88. The Morgan fingerprint density at radius 2 is 1.18 bits per heavy atom. The average molecular weight is 1070 g/mol. The van der Waals surface area contributed by atoms with Gasteiger partial charge in [-0.15, -0.1) is 20.4 Å². The number of hydrogen-bond acceptors (Lipinski definition) is 19. The van der Waals surface area contributed by atoms with E-state index in [2.05, 4.69) is 119 Å². The van der Waals surface area contributed by atoms with E-state index in [1.54, 1.807) is 24.8 Å². The molecule has 414 valence electrons. The second-order valence-corrected chi connectivity index (χ2v) is 22.9. The second-order valence-electron chi connectivity index (χ2n) is 22.9. The molecule has 0 saturated heterocycles. The quantitative estimate of drug-likeness (QED) is 0.0656. The Morgan fingerprint density at radius 3 is 1.65 bits per heavy atom. The SMILES string of the molecule is CC(C)n1cc(Nc2nccc(-c3ccc4c(c3)CN(CCO)CC[C@H]4CC(=O)c3nnc(C(C)(C)C)o3)n2)cn1.CC(C)n1cc(Nc2nccc(-c3ccc4c(c3)CNCC[C@H]4CC(=O)c3nnc(C(C)(C)C)o3)n2)cn1. The zero-order valence-corrected chi connectivity index (χ0v) is 46.9. The van der Waals surface area contributed by atoms with Crippen LogP contribution in [0.4, 0.5) is 23.3 Å². The number of carbonyl (C=O) groups excluding carboxylic acids is 2. The first kappa shape index (κ1) is 55.9. The fourth-order valence-corrected chi connectivity index (χ4v) is 9.53. The normalized spacial score (nSPS) is 15.9. The number of aliphatic hydroxyl groups excluding tert-OH is 1. The zero-order valence-electron chi connectivity index (χ0n) is 46.9. The van der Waals surface area contributed by atoms with Gasteiger partial charge in [0.15, 0.2) is 0 Å². The molecule has 0 unspecified atom stereocenters. The lowest BCUT2D eigenvalue weighted by atomic mass is 9.87. The van der Waals surface area contributed by atoms with Gasteiger partial charge in [-0.1, -0.05) is 65.8 Å². The van der Waals surface area contributed by atoms with Gasteiger partial charge in [0, 0.05) is 91.3 Å². The number of β-amino-alcohol motifs (C(OH)–C–C–N with tert-alkyl or cyclic N) is 1. The first-order valence-electron chi connectivity index (χ1n) is 27.1. The summed E-state index contributed by atoms with van der Waals surface area (Å²) in [6.07, 6.45) is 13.1. The molecule has 2 aliphatic rings. The molecule has 2 aliphatic heterocycles. The van der Waals surface area contributed by atoms with E-state index in [0.717, 1.165) is 88.6 Å².